The first-order valence-corrected chi connectivity index (χ1v) is 15.2. The fourth-order valence-electron chi connectivity index (χ4n) is 7.54. The maximum Gasteiger partial charge on any atom is 0.184 e. The minimum absolute atomic E-state index is 0.271. The topological polar surface area (TPSA) is 30.8 Å². The second-order valence-corrected chi connectivity index (χ2v) is 16.0. The van der Waals surface area contributed by atoms with E-state index in [0.29, 0.717) is 11.5 Å². The Morgan fingerprint density at radius 3 is 2.45 bits per heavy atom. The van der Waals surface area contributed by atoms with Crippen LogP contribution in [0.2, 0.25) is 19.6 Å². The molecule has 0 aromatic carbocycles. The Labute approximate surface area is 179 Å². The molecule has 6 atom stereocenters. The largest absolute Gasteiger partial charge is 0.414 e. The first-order valence-electron chi connectivity index (χ1n) is 11.7. The SMILES string of the molecule is CO/N=C(\C)C1=CCC2C3CC=C4CC(O[Si](C)(C)C)CCC4(C)C3CCC12C. The van der Waals surface area contributed by atoms with Crippen LogP contribution in [0, 0.1) is 28.6 Å². The molecule has 0 N–H and O–H groups in total. The third-order valence-corrected chi connectivity index (χ3v) is 9.82. The second kappa shape index (κ2) is 7.37. The highest BCUT2D eigenvalue weighted by Crippen LogP contribution is 2.65. The normalized spacial score (nSPS) is 42.4. The average molecular weight is 416 g/mol. The Kier molecular flexibility index (Phi) is 5.43. The summed E-state index contributed by atoms with van der Waals surface area (Å²) in [7, 11) is 0.190. The van der Waals surface area contributed by atoms with E-state index in [-0.39, 0.29) is 5.41 Å². The molecular weight excluding hydrogens is 374 g/mol. The number of nitrogens with zero attached hydrogens (tertiary/aromatic N) is 1. The summed E-state index contributed by atoms with van der Waals surface area (Å²) in [5.41, 5.74) is 4.92. The Balaban J connectivity index is 1.56. The van der Waals surface area contributed by atoms with Crippen molar-refractivity contribution in [2.75, 3.05) is 7.11 Å². The van der Waals surface area contributed by atoms with Crippen LogP contribution in [0.15, 0.2) is 28.5 Å². The summed E-state index contributed by atoms with van der Waals surface area (Å²) >= 11 is 0. The fourth-order valence-corrected chi connectivity index (χ4v) is 8.74. The van der Waals surface area contributed by atoms with Crippen LogP contribution in [-0.2, 0) is 9.26 Å². The van der Waals surface area contributed by atoms with Crippen molar-refractivity contribution in [1.82, 2.24) is 0 Å². The zero-order valence-electron chi connectivity index (χ0n) is 19.7. The van der Waals surface area contributed by atoms with E-state index >= 15 is 0 Å². The summed E-state index contributed by atoms with van der Waals surface area (Å²) < 4.78 is 6.52. The zero-order valence-corrected chi connectivity index (χ0v) is 20.7. The summed E-state index contributed by atoms with van der Waals surface area (Å²) in [6, 6.07) is 0. The van der Waals surface area contributed by atoms with Gasteiger partial charge in [-0.2, -0.15) is 0 Å². The van der Waals surface area contributed by atoms with Gasteiger partial charge in [0.2, 0.25) is 0 Å². The van der Waals surface area contributed by atoms with Gasteiger partial charge in [-0.3, -0.25) is 0 Å². The lowest BCUT2D eigenvalue weighted by Crippen LogP contribution is -2.51. The summed E-state index contributed by atoms with van der Waals surface area (Å²) in [4.78, 5) is 5.11. The highest BCUT2D eigenvalue weighted by molar-refractivity contribution is 6.69. The Bertz CT molecular complexity index is 748. The van der Waals surface area contributed by atoms with Crippen molar-refractivity contribution in [3.05, 3.63) is 23.3 Å². The van der Waals surface area contributed by atoms with Gasteiger partial charge in [0.1, 0.15) is 7.11 Å². The number of hydrogen-bond acceptors (Lipinski definition) is 3. The molecule has 2 fully saturated rings. The first kappa shape index (κ1) is 21.4. The van der Waals surface area contributed by atoms with Crippen molar-refractivity contribution < 1.29 is 9.26 Å². The molecule has 4 aliphatic rings. The van der Waals surface area contributed by atoms with Gasteiger partial charge in [-0.25, -0.2) is 0 Å². The average Bonchev–Trinajstić information content (AvgIpc) is 2.98. The highest BCUT2D eigenvalue weighted by Gasteiger charge is 2.57. The quantitative estimate of drug-likeness (QED) is 0.221. The molecule has 4 rings (SSSR count). The Morgan fingerprint density at radius 2 is 1.76 bits per heavy atom. The lowest BCUT2D eigenvalue weighted by Gasteiger charge is -2.58. The van der Waals surface area contributed by atoms with Gasteiger partial charge in [0.15, 0.2) is 8.32 Å². The molecule has 0 bridgehead atoms. The van der Waals surface area contributed by atoms with E-state index in [0.717, 1.165) is 23.5 Å². The number of rotatable bonds is 4. The van der Waals surface area contributed by atoms with Crippen LogP contribution >= 0.6 is 0 Å². The van der Waals surface area contributed by atoms with Crippen LogP contribution < -0.4 is 0 Å². The molecule has 29 heavy (non-hydrogen) atoms. The minimum atomic E-state index is -1.47. The molecule has 0 aromatic heterocycles. The number of hydrogen-bond donors (Lipinski definition) is 0. The zero-order chi connectivity index (χ0) is 21.0. The molecule has 3 nitrogen and oxygen atoms in total. The van der Waals surface area contributed by atoms with Gasteiger partial charge in [-0.15, -0.1) is 0 Å². The molecule has 4 heteroatoms. The van der Waals surface area contributed by atoms with Gasteiger partial charge in [0.25, 0.3) is 0 Å². The van der Waals surface area contributed by atoms with E-state index in [2.05, 4.69) is 57.7 Å². The fraction of sp³-hybridized carbons (Fsp3) is 0.800. The lowest BCUT2D eigenvalue weighted by atomic mass is 9.47. The molecule has 4 aliphatic carbocycles. The standard InChI is InChI=1S/C25H41NO2Si/c1-17(26-27-4)21-10-11-22-20-9-8-18-16-19(28-29(5,6)7)12-14-24(18,2)23(20)13-15-25(21,22)3/h8,10,19-20,22-23H,9,11-16H2,1-7H3/b26-17+. The molecule has 0 aliphatic heterocycles. The van der Waals surface area contributed by atoms with E-state index in [1.807, 2.05) is 0 Å². The molecular formula is C25H41NO2Si. The van der Waals surface area contributed by atoms with Gasteiger partial charge >= 0.3 is 0 Å². The van der Waals surface area contributed by atoms with Crippen molar-refractivity contribution in [3.63, 3.8) is 0 Å². The predicted octanol–water partition coefficient (Wildman–Crippen LogP) is 6.73. The smallest absolute Gasteiger partial charge is 0.184 e. The number of oxime groups is 1. The van der Waals surface area contributed by atoms with E-state index in [1.54, 1.807) is 12.7 Å². The predicted molar refractivity (Wildman–Crippen MR) is 124 cm³/mol. The number of allylic oxidation sites excluding steroid dienone is 3. The molecule has 162 valence electrons. The molecule has 0 heterocycles. The molecule has 0 spiro atoms. The summed E-state index contributed by atoms with van der Waals surface area (Å²) in [5, 5.41) is 4.29. The van der Waals surface area contributed by atoms with Gasteiger partial charge in [0, 0.05) is 6.10 Å². The van der Waals surface area contributed by atoms with E-state index in [4.69, 9.17) is 9.26 Å². The van der Waals surface area contributed by atoms with Crippen molar-refractivity contribution >= 4 is 14.0 Å². The van der Waals surface area contributed by atoms with E-state index < -0.39 is 8.32 Å². The molecule has 6 unspecified atom stereocenters. The van der Waals surface area contributed by atoms with Gasteiger partial charge < -0.3 is 9.26 Å². The Morgan fingerprint density at radius 1 is 1.03 bits per heavy atom. The summed E-state index contributed by atoms with van der Waals surface area (Å²) in [6.45, 7) is 14.2. The van der Waals surface area contributed by atoms with Crippen molar-refractivity contribution in [2.45, 2.75) is 91.5 Å². The molecule has 2 saturated carbocycles. The van der Waals surface area contributed by atoms with Crippen molar-refractivity contribution in [2.24, 2.45) is 33.7 Å². The van der Waals surface area contributed by atoms with Crippen LogP contribution in [0.1, 0.15) is 65.7 Å². The number of fused-ring (bicyclic) bond motifs is 5. The van der Waals surface area contributed by atoms with Crippen LogP contribution in [0.4, 0.5) is 0 Å². The molecule has 0 amide bonds. The third-order valence-electron chi connectivity index (χ3n) is 8.78. The van der Waals surface area contributed by atoms with Gasteiger partial charge in [-0.05, 0) is 106 Å². The van der Waals surface area contributed by atoms with E-state index in [9.17, 15) is 0 Å². The monoisotopic (exact) mass is 415 g/mol. The van der Waals surface area contributed by atoms with Crippen LogP contribution in [-0.4, -0.2) is 27.2 Å². The Hall–Kier alpha value is -0.873. The van der Waals surface area contributed by atoms with Gasteiger partial charge in [0.05, 0.1) is 5.71 Å². The highest BCUT2D eigenvalue weighted by atomic mass is 28.4. The van der Waals surface area contributed by atoms with Crippen LogP contribution in [0.3, 0.4) is 0 Å². The molecule has 0 radical (unpaired) electrons. The lowest BCUT2D eigenvalue weighted by molar-refractivity contribution is -0.0262. The summed E-state index contributed by atoms with van der Waals surface area (Å²) in [6.07, 6.45) is 14.4. The third kappa shape index (κ3) is 3.58. The second-order valence-electron chi connectivity index (χ2n) is 11.5. The van der Waals surface area contributed by atoms with E-state index in [1.165, 1.54) is 50.5 Å². The van der Waals surface area contributed by atoms with Crippen molar-refractivity contribution in [1.29, 1.82) is 0 Å². The van der Waals surface area contributed by atoms with Gasteiger partial charge in [-0.1, -0.05) is 36.7 Å². The summed E-state index contributed by atoms with van der Waals surface area (Å²) in [5.74, 6) is 2.39. The van der Waals surface area contributed by atoms with Crippen LogP contribution in [0.25, 0.3) is 0 Å². The molecule has 0 saturated heterocycles. The van der Waals surface area contributed by atoms with Crippen LogP contribution in [0.5, 0.6) is 0 Å². The maximum atomic E-state index is 6.52. The first-order chi connectivity index (χ1) is 13.6. The van der Waals surface area contributed by atoms with Crippen molar-refractivity contribution in [3.8, 4) is 0 Å². The molecule has 0 aromatic rings. The maximum absolute atomic E-state index is 6.52. The minimum Gasteiger partial charge on any atom is -0.414 e.